The minimum Gasteiger partial charge on any atom is -0.444 e. The van der Waals surface area contributed by atoms with Crippen LogP contribution in [0.25, 0.3) is 0 Å². The highest BCUT2D eigenvalue weighted by molar-refractivity contribution is 5.68. The van der Waals surface area contributed by atoms with Gasteiger partial charge in [-0.25, -0.2) is 9.78 Å². The lowest BCUT2D eigenvalue weighted by molar-refractivity contribution is 0.0126. The van der Waals surface area contributed by atoms with Gasteiger partial charge in [-0.1, -0.05) is 0 Å². The number of aryl methyl sites for hydroxylation is 1. The van der Waals surface area contributed by atoms with Crippen molar-refractivity contribution in [2.75, 3.05) is 26.2 Å². The molecule has 2 aliphatic rings. The molecule has 6 heteroatoms. The molecule has 0 saturated carbocycles. The third-order valence-corrected chi connectivity index (χ3v) is 5.39. The van der Waals surface area contributed by atoms with E-state index < -0.39 is 5.60 Å². The molecule has 1 aromatic rings. The Hall–Kier alpha value is -1.56. The van der Waals surface area contributed by atoms with Gasteiger partial charge in [0.25, 0.3) is 0 Å². The lowest BCUT2D eigenvalue weighted by Gasteiger charge is -2.41. The number of piperidine rings is 2. The fourth-order valence-electron chi connectivity index (χ4n) is 4.03. The van der Waals surface area contributed by atoms with Crippen LogP contribution in [0, 0.1) is 0 Å². The normalized spacial score (nSPS) is 21.5. The van der Waals surface area contributed by atoms with Gasteiger partial charge in [0.15, 0.2) is 0 Å². The molecule has 1 aromatic heterocycles. The van der Waals surface area contributed by atoms with E-state index in [1.165, 1.54) is 18.7 Å². The van der Waals surface area contributed by atoms with Gasteiger partial charge in [-0.3, -0.25) is 0 Å². The second-order valence-corrected chi connectivity index (χ2v) is 8.41. The zero-order valence-corrected chi connectivity index (χ0v) is 16.1. The Morgan fingerprint density at radius 3 is 2.28 bits per heavy atom. The van der Waals surface area contributed by atoms with Gasteiger partial charge in [-0.2, -0.15) is 0 Å². The average Bonchev–Trinajstić information content (AvgIpc) is 3.00. The van der Waals surface area contributed by atoms with Crippen molar-refractivity contribution in [1.82, 2.24) is 19.4 Å². The molecule has 140 valence electrons. The van der Waals surface area contributed by atoms with Crippen LogP contribution < -0.4 is 0 Å². The molecular formula is C19H32N4O2. The minimum atomic E-state index is -0.416. The summed E-state index contributed by atoms with van der Waals surface area (Å²) >= 11 is 0. The monoisotopic (exact) mass is 348 g/mol. The van der Waals surface area contributed by atoms with Gasteiger partial charge in [-0.05, 0) is 59.5 Å². The number of nitrogens with zero attached hydrogens (tertiary/aromatic N) is 4. The van der Waals surface area contributed by atoms with E-state index in [-0.39, 0.29) is 6.09 Å². The fraction of sp³-hybridized carbons (Fsp3) is 0.789. The number of rotatable bonds is 2. The molecule has 25 heavy (non-hydrogen) atoms. The van der Waals surface area contributed by atoms with Crippen LogP contribution in [0.1, 0.15) is 58.2 Å². The lowest BCUT2D eigenvalue weighted by Crippen LogP contribution is -2.49. The van der Waals surface area contributed by atoms with E-state index in [0.29, 0.717) is 12.0 Å². The number of likely N-dealkylation sites (tertiary alicyclic amines) is 2. The fourth-order valence-corrected chi connectivity index (χ4v) is 4.03. The van der Waals surface area contributed by atoms with Gasteiger partial charge < -0.3 is 19.1 Å². The largest absolute Gasteiger partial charge is 0.444 e. The Bertz CT molecular complexity index is 576. The maximum Gasteiger partial charge on any atom is 0.410 e. The first-order valence-electron chi connectivity index (χ1n) is 9.52. The molecule has 0 atom stereocenters. The SMILES string of the molecule is Cn1ccnc1C1CCN(C2CCN(C(=O)OC(C)(C)C)CC2)CC1. The van der Waals surface area contributed by atoms with Crippen molar-refractivity contribution in [3.8, 4) is 0 Å². The highest BCUT2D eigenvalue weighted by Crippen LogP contribution is 2.29. The Labute approximate surface area is 151 Å². The van der Waals surface area contributed by atoms with Gasteiger partial charge in [0.2, 0.25) is 0 Å². The topological polar surface area (TPSA) is 50.6 Å². The van der Waals surface area contributed by atoms with Gasteiger partial charge >= 0.3 is 6.09 Å². The van der Waals surface area contributed by atoms with Gasteiger partial charge in [0.1, 0.15) is 11.4 Å². The molecule has 0 spiro atoms. The number of ether oxygens (including phenoxy) is 1. The molecule has 3 heterocycles. The van der Waals surface area contributed by atoms with E-state index in [1.807, 2.05) is 38.1 Å². The van der Waals surface area contributed by atoms with Crippen molar-refractivity contribution >= 4 is 6.09 Å². The third kappa shape index (κ3) is 4.54. The molecular weight excluding hydrogens is 316 g/mol. The molecule has 0 bridgehead atoms. The van der Waals surface area contributed by atoms with Crippen molar-refractivity contribution in [2.24, 2.45) is 7.05 Å². The van der Waals surface area contributed by atoms with Crippen molar-refractivity contribution in [3.05, 3.63) is 18.2 Å². The zero-order chi connectivity index (χ0) is 18.0. The minimum absolute atomic E-state index is 0.167. The predicted molar refractivity (Wildman–Crippen MR) is 97.6 cm³/mol. The first-order valence-corrected chi connectivity index (χ1v) is 9.52. The van der Waals surface area contributed by atoms with Crippen LogP contribution in [0.4, 0.5) is 4.79 Å². The standard InChI is InChI=1S/C19H32N4O2/c1-19(2,3)25-18(24)23-12-7-16(8-13-23)22-10-5-15(6-11-22)17-20-9-14-21(17)4/h9,14-16H,5-8,10-13H2,1-4H3. The number of hydrogen-bond acceptors (Lipinski definition) is 4. The number of hydrogen-bond donors (Lipinski definition) is 0. The summed E-state index contributed by atoms with van der Waals surface area (Å²) in [4.78, 5) is 21.2. The van der Waals surface area contributed by atoms with Crippen LogP contribution in [0.15, 0.2) is 12.4 Å². The molecule has 1 amide bonds. The van der Waals surface area contributed by atoms with Crippen LogP contribution in [0.3, 0.4) is 0 Å². The molecule has 0 unspecified atom stereocenters. The molecule has 2 fully saturated rings. The van der Waals surface area contributed by atoms with Crippen molar-refractivity contribution < 1.29 is 9.53 Å². The predicted octanol–water partition coefficient (Wildman–Crippen LogP) is 3.00. The first-order chi connectivity index (χ1) is 11.8. The summed E-state index contributed by atoms with van der Waals surface area (Å²) in [7, 11) is 2.08. The molecule has 0 N–H and O–H groups in total. The summed E-state index contributed by atoms with van der Waals surface area (Å²) in [5.74, 6) is 1.80. The Morgan fingerprint density at radius 2 is 1.76 bits per heavy atom. The summed E-state index contributed by atoms with van der Waals surface area (Å²) in [5.41, 5.74) is -0.416. The van der Waals surface area contributed by atoms with Crippen LogP contribution in [0.2, 0.25) is 0 Å². The summed E-state index contributed by atoms with van der Waals surface area (Å²) in [6, 6.07) is 0.598. The molecule has 0 aliphatic carbocycles. The second-order valence-electron chi connectivity index (χ2n) is 8.41. The average molecular weight is 348 g/mol. The third-order valence-electron chi connectivity index (χ3n) is 5.39. The highest BCUT2D eigenvalue weighted by atomic mass is 16.6. The Balaban J connectivity index is 1.45. The van der Waals surface area contributed by atoms with Crippen molar-refractivity contribution in [3.63, 3.8) is 0 Å². The molecule has 3 rings (SSSR count). The van der Waals surface area contributed by atoms with Gasteiger partial charge in [0, 0.05) is 44.5 Å². The van der Waals surface area contributed by atoms with E-state index in [2.05, 4.69) is 21.5 Å². The van der Waals surface area contributed by atoms with Crippen molar-refractivity contribution in [2.45, 2.75) is 64.0 Å². The van der Waals surface area contributed by atoms with E-state index in [4.69, 9.17) is 4.74 Å². The molecule has 2 saturated heterocycles. The summed E-state index contributed by atoms with van der Waals surface area (Å²) in [5, 5.41) is 0. The molecule has 6 nitrogen and oxygen atoms in total. The Kier molecular flexibility index (Phi) is 5.37. The summed E-state index contributed by atoms with van der Waals surface area (Å²) < 4.78 is 7.64. The van der Waals surface area contributed by atoms with Crippen LogP contribution in [0.5, 0.6) is 0 Å². The number of imidazole rings is 1. The van der Waals surface area contributed by atoms with Gasteiger partial charge in [0.05, 0.1) is 0 Å². The van der Waals surface area contributed by atoms with Crippen LogP contribution >= 0.6 is 0 Å². The number of carbonyl (C=O) groups excluding carboxylic acids is 1. The van der Waals surface area contributed by atoms with E-state index in [1.54, 1.807) is 0 Å². The first kappa shape index (κ1) is 18.2. The second kappa shape index (κ2) is 7.36. The smallest absolute Gasteiger partial charge is 0.410 e. The molecule has 0 radical (unpaired) electrons. The van der Waals surface area contributed by atoms with Crippen LogP contribution in [-0.4, -0.2) is 63.3 Å². The maximum absolute atomic E-state index is 12.2. The number of amides is 1. The van der Waals surface area contributed by atoms with Gasteiger partial charge in [-0.15, -0.1) is 0 Å². The molecule has 2 aliphatic heterocycles. The van der Waals surface area contributed by atoms with E-state index >= 15 is 0 Å². The molecule has 0 aromatic carbocycles. The zero-order valence-electron chi connectivity index (χ0n) is 16.1. The summed E-state index contributed by atoms with van der Waals surface area (Å²) in [6.45, 7) is 9.64. The van der Waals surface area contributed by atoms with E-state index in [9.17, 15) is 4.79 Å². The maximum atomic E-state index is 12.2. The summed E-state index contributed by atoms with van der Waals surface area (Å²) in [6.07, 6.45) is 8.22. The van der Waals surface area contributed by atoms with Crippen molar-refractivity contribution in [1.29, 1.82) is 0 Å². The highest BCUT2D eigenvalue weighted by Gasteiger charge is 2.32. The van der Waals surface area contributed by atoms with E-state index in [0.717, 1.165) is 39.0 Å². The Morgan fingerprint density at radius 1 is 1.12 bits per heavy atom. The quantitative estimate of drug-likeness (QED) is 0.824. The number of aromatic nitrogens is 2. The number of carbonyl (C=O) groups is 1. The van der Waals surface area contributed by atoms with Crippen LogP contribution in [-0.2, 0) is 11.8 Å². The lowest BCUT2D eigenvalue weighted by atomic mass is 9.93.